The molecule has 4 bridgehead atoms. The molecule has 4 aromatic heterocycles. The summed E-state index contributed by atoms with van der Waals surface area (Å²) in [5, 5.41) is 6.05. The summed E-state index contributed by atoms with van der Waals surface area (Å²) >= 11 is 6.02. The van der Waals surface area contributed by atoms with Gasteiger partial charge in [-0.3, -0.25) is 20.4 Å². The van der Waals surface area contributed by atoms with Gasteiger partial charge in [0.05, 0.1) is 29.2 Å². The molecule has 2 fully saturated rings. The number of halogens is 3. The molecule has 2 N–H and O–H groups in total. The lowest BCUT2D eigenvalue weighted by Crippen LogP contribution is -2.48. The van der Waals surface area contributed by atoms with Crippen LogP contribution in [-0.2, 0) is 0 Å². The van der Waals surface area contributed by atoms with Crippen LogP contribution in [0.3, 0.4) is 0 Å². The molecular weight excluding hydrogens is 786 g/mol. The number of anilines is 6. The van der Waals surface area contributed by atoms with Crippen LogP contribution in [0.2, 0.25) is 5.15 Å². The molecule has 14 nitrogen and oxygen atoms in total. The number of nitrogens with one attached hydrogen (secondary N) is 2. The molecule has 4 amide bonds. The first kappa shape index (κ1) is 38.7. The van der Waals surface area contributed by atoms with Crippen molar-refractivity contribution in [2.45, 2.75) is 31.2 Å². The molecule has 290 valence electrons. The summed E-state index contributed by atoms with van der Waals surface area (Å²) in [6.45, 7) is 3.30. The number of amides is 4. The van der Waals surface area contributed by atoms with E-state index in [-0.39, 0.29) is 62.6 Å². The van der Waals surface area contributed by atoms with Crippen molar-refractivity contribution in [1.29, 1.82) is 0 Å². The fourth-order valence-corrected chi connectivity index (χ4v) is 7.54. The van der Waals surface area contributed by atoms with Gasteiger partial charge < -0.3 is 19.3 Å². The minimum atomic E-state index is -3.68. The largest absolute Gasteiger partial charge is 0.586 e. The van der Waals surface area contributed by atoms with Crippen molar-refractivity contribution in [3.8, 4) is 22.8 Å². The number of hydrogen-bond acceptors (Lipinski definition) is 10. The Balaban J connectivity index is 0.000000176. The van der Waals surface area contributed by atoms with Crippen LogP contribution in [0.5, 0.6) is 11.5 Å². The van der Waals surface area contributed by atoms with E-state index in [0.717, 1.165) is 50.4 Å². The van der Waals surface area contributed by atoms with E-state index < -0.39 is 6.29 Å². The van der Waals surface area contributed by atoms with Gasteiger partial charge in [0.1, 0.15) is 16.8 Å². The van der Waals surface area contributed by atoms with Crippen LogP contribution >= 0.6 is 38.6 Å². The second kappa shape index (κ2) is 15.5. The number of fused-ring (bicyclic) bond motifs is 9. The molecule has 5 aromatic rings. The standard InChI is InChI=1S/C22H17F2N5O3.C15H14ClN5O.2H2S/c23-22(24)31-17-7-4-13(11-18(17)32-22)15-5-6-16-20(26-15)29(14-8-10-28(16)12-14)21(30)27-19-3-1-2-9-25-19;16-12-5-4-11-14(18-12)21(10-6-8-20(11)9-10)15(22)19-13-3-1-2-7-17-13;;/h1-7,9,11,14H,8,10,12H2,(H,25,27,30);1-5,7,10H,6,8-9H2,(H,17,19,22);2*1H2/t14-;10-;;/m00../s1. The minimum absolute atomic E-state index is 0. The molecule has 2 saturated heterocycles. The zero-order valence-electron chi connectivity index (χ0n) is 29.4. The molecule has 0 spiro atoms. The Morgan fingerprint density at radius 3 is 1.84 bits per heavy atom. The maximum atomic E-state index is 13.4. The maximum absolute atomic E-state index is 13.4. The highest BCUT2D eigenvalue weighted by molar-refractivity contribution is 7.59. The van der Waals surface area contributed by atoms with E-state index in [4.69, 9.17) is 16.6 Å². The molecule has 0 unspecified atom stereocenters. The molecule has 10 rings (SSSR count). The average Bonchev–Trinajstić information content (AvgIpc) is 3.87. The summed E-state index contributed by atoms with van der Waals surface area (Å²) in [6, 6.07) is 22.1. The smallest absolute Gasteiger partial charge is 0.395 e. The number of carbonyl (C=O) groups excluding carboxylic acids is 2. The van der Waals surface area contributed by atoms with E-state index in [1.807, 2.05) is 30.3 Å². The van der Waals surface area contributed by atoms with Gasteiger partial charge in [0, 0.05) is 44.1 Å². The molecule has 2 atom stereocenters. The first-order valence-electron chi connectivity index (χ1n) is 17.3. The highest BCUT2D eigenvalue weighted by atomic mass is 35.5. The van der Waals surface area contributed by atoms with Gasteiger partial charge in [0.2, 0.25) is 0 Å². The molecule has 19 heteroatoms. The van der Waals surface area contributed by atoms with Crippen LogP contribution in [0.1, 0.15) is 12.8 Å². The van der Waals surface area contributed by atoms with E-state index in [1.54, 1.807) is 58.6 Å². The number of aromatic nitrogens is 4. The summed E-state index contributed by atoms with van der Waals surface area (Å²) in [4.78, 5) is 51.1. The molecule has 5 aliphatic rings. The lowest BCUT2D eigenvalue weighted by molar-refractivity contribution is -0.286. The predicted octanol–water partition coefficient (Wildman–Crippen LogP) is 7.08. The van der Waals surface area contributed by atoms with Crippen molar-refractivity contribution < 1.29 is 27.8 Å². The second-order valence-corrected chi connectivity index (χ2v) is 13.5. The SMILES string of the molecule is O=C(Nc1ccccn1)N1c2nc(-c3ccc4c(c3)OC(F)(F)O4)ccc2N2CC[C@H]1C2.O=C(Nc1ccccn1)N1c2nc(Cl)ccc2N2CC[C@H]1C2.S.S. The van der Waals surface area contributed by atoms with Crippen molar-refractivity contribution in [3.63, 3.8) is 0 Å². The number of benzene rings is 1. The highest BCUT2D eigenvalue weighted by Gasteiger charge is 2.44. The van der Waals surface area contributed by atoms with E-state index in [2.05, 4.69) is 44.9 Å². The Morgan fingerprint density at radius 1 is 0.714 bits per heavy atom. The predicted molar refractivity (Wildman–Crippen MR) is 219 cm³/mol. The summed E-state index contributed by atoms with van der Waals surface area (Å²) in [6.07, 6.45) is 1.31. The lowest BCUT2D eigenvalue weighted by atomic mass is 10.1. The number of pyridine rings is 4. The van der Waals surface area contributed by atoms with Crippen molar-refractivity contribution in [2.75, 3.05) is 56.4 Å². The average molecular weight is 821 g/mol. The van der Waals surface area contributed by atoms with Crippen molar-refractivity contribution in [1.82, 2.24) is 19.9 Å². The Hall–Kier alpha value is -5.59. The molecule has 9 heterocycles. The van der Waals surface area contributed by atoms with Gasteiger partial charge in [-0.25, -0.2) is 29.5 Å². The first-order valence-corrected chi connectivity index (χ1v) is 17.7. The normalized spacial score (nSPS) is 18.7. The van der Waals surface area contributed by atoms with Gasteiger partial charge in [0.15, 0.2) is 23.1 Å². The van der Waals surface area contributed by atoms with Gasteiger partial charge in [0.25, 0.3) is 0 Å². The zero-order valence-corrected chi connectivity index (χ0v) is 32.2. The maximum Gasteiger partial charge on any atom is 0.586 e. The number of nitrogens with zero attached hydrogens (tertiary/aromatic N) is 8. The third-order valence-corrected chi connectivity index (χ3v) is 10.0. The highest BCUT2D eigenvalue weighted by Crippen LogP contribution is 2.45. The number of rotatable bonds is 3. The molecule has 56 heavy (non-hydrogen) atoms. The third kappa shape index (κ3) is 7.38. The van der Waals surface area contributed by atoms with Crippen molar-refractivity contribution in [2.24, 2.45) is 0 Å². The number of hydrogen-bond donors (Lipinski definition) is 2. The van der Waals surface area contributed by atoms with Crippen LogP contribution in [-0.4, -0.2) is 76.6 Å². The summed E-state index contributed by atoms with van der Waals surface area (Å²) in [5.74, 6) is 2.03. The quantitative estimate of drug-likeness (QED) is 0.182. The van der Waals surface area contributed by atoms with Gasteiger partial charge in [-0.15, -0.1) is 8.78 Å². The second-order valence-electron chi connectivity index (χ2n) is 13.2. The number of ether oxygens (including phenoxy) is 2. The van der Waals surface area contributed by atoms with E-state index >= 15 is 0 Å². The molecule has 0 saturated carbocycles. The molecular formula is C37H35ClF2N10O4S2. The van der Waals surface area contributed by atoms with Crippen molar-refractivity contribution >= 4 is 85.3 Å². The van der Waals surface area contributed by atoms with Gasteiger partial charge in [-0.05, 0) is 79.6 Å². The van der Waals surface area contributed by atoms with Crippen LogP contribution in [0.25, 0.3) is 11.3 Å². The van der Waals surface area contributed by atoms with Crippen LogP contribution < -0.4 is 39.7 Å². The molecule has 5 aliphatic heterocycles. The minimum Gasteiger partial charge on any atom is -0.395 e. The van der Waals surface area contributed by atoms with Gasteiger partial charge in [-0.2, -0.15) is 27.0 Å². The zero-order chi connectivity index (χ0) is 37.0. The van der Waals surface area contributed by atoms with E-state index in [1.165, 1.54) is 12.1 Å². The first-order chi connectivity index (χ1) is 26.2. The number of urea groups is 2. The fraction of sp³-hybridized carbons (Fsp3) is 0.243. The van der Waals surface area contributed by atoms with Crippen LogP contribution in [0, 0.1) is 0 Å². The molecule has 0 radical (unpaired) electrons. The Labute approximate surface area is 338 Å². The van der Waals surface area contributed by atoms with E-state index in [0.29, 0.717) is 39.7 Å². The fourth-order valence-electron chi connectivity index (χ4n) is 7.40. The molecule has 0 aliphatic carbocycles. The monoisotopic (exact) mass is 820 g/mol. The Bertz CT molecular complexity index is 2270. The number of carbonyl (C=O) groups is 2. The van der Waals surface area contributed by atoms with Crippen molar-refractivity contribution in [3.05, 3.63) is 96.4 Å². The Morgan fingerprint density at radius 2 is 1.27 bits per heavy atom. The molecule has 1 aromatic carbocycles. The topological polar surface area (TPSA) is 141 Å². The summed E-state index contributed by atoms with van der Waals surface area (Å²) in [5.41, 5.74) is 2.91. The lowest BCUT2D eigenvalue weighted by Gasteiger charge is -2.35. The Kier molecular flexibility index (Phi) is 10.7. The summed E-state index contributed by atoms with van der Waals surface area (Å²) < 4.78 is 35.8. The van der Waals surface area contributed by atoms with Crippen LogP contribution in [0.15, 0.2) is 91.3 Å². The van der Waals surface area contributed by atoms with Gasteiger partial charge >= 0.3 is 18.4 Å². The van der Waals surface area contributed by atoms with E-state index in [9.17, 15) is 18.4 Å². The third-order valence-electron chi connectivity index (χ3n) is 9.80. The summed E-state index contributed by atoms with van der Waals surface area (Å²) in [7, 11) is 0. The number of alkyl halides is 2. The van der Waals surface area contributed by atoms with Crippen LogP contribution in [0.4, 0.5) is 53.0 Å². The van der Waals surface area contributed by atoms with Gasteiger partial charge in [-0.1, -0.05) is 23.7 Å².